The lowest BCUT2D eigenvalue weighted by atomic mass is 9.95. The summed E-state index contributed by atoms with van der Waals surface area (Å²) < 4.78 is 5.53. The zero-order chi connectivity index (χ0) is 15.1. The monoisotopic (exact) mass is 309 g/mol. The minimum absolute atomic E-state index is 0.0919. The van der Waals surface area contributed by atoms with Crippen molar-refractivity contribution in [1.29, 1.82) is 0 Å². The molecule has 3 nitrogen and oxygen atoms in total. The van der Waals surface area contributed by atoms with Gasteiger partial charge in [0.25, 0.3) is 0 Å². The number of rotatable bonds is 6. The largest absolute Gasteiger partial charge is 0.494 e. The molecule has 4 heteroatoms. The second-order valence-corrected chi connectivity index (χ2v) is 6.06. The van der Waals surface area contributed by atoms with Gasteiger partial charge in [0.1, 0.15) is 11.1 Å². The third kappa shape index (κ3) is 4.92. The Balaban J connectivity index is 1.88. The van der Waals surface area contributed by atoms with Gasteiger partial charge in [0.05, 0.1) is 6.61 Å². The molecule has 0 saturated heterocycles. The van der Waals surface area contributed by atoms with E-state index in [2.05, 4.69) is 12.2 Å². The highest BCUT2D eigenvalue weighted by Crippen LogP contribution is 2.25. The Hall–Kier alpha value is -1.22. The van der Waals surface area contributed by atoms with Gasteiger partial charge in [-0.1, -0.05) is 38.3 Å². The number of benzene rings is 1. The van der Waals surface area contributed by atoms with Crippen molar-refractivity contribution in [3.8, 4) is 5.75 Å². The molecule has 1 saturated carbocycles. The Bertz CT molecular complexity index is 441. The highest BCUT2D eigenvalue weighted by Gasteiger charge is 2.22. The van der Waals surface area contributed by atoms with Crippen molar-refractivity contribution >= 4 is 17.5 Å². The summed E-state index contributed by atoms with van der Waals surface area (Å²) in [6.45, 7) is 2.77. The minimum atomic E-state index is -0.632. The fourth-order valence-electron chi connectivity index (χ4n) is 2.63. The zero-order valence-electron chi connectivity index (χ0n) is 12.6. The van der Waals surface area contributed by atoms with Crippen molar-refractivity contribution in [2.75, 3.05) is 6.61 Å². The number of ether oxygens (including phenoxy) is 1. The predicted octanol–water partition coefficient (Wildman–Crippen LogP) is 4.20. The van der Waals surface area contributed by atoms with E-state index in [0.29, 0.717) is 12.6 Å². The first-order valence-electron chi connectivity index (χ1n) is 7.88. The van der Waals surface area contributed by atoms with Crippen molar-refractivity contribution in [3.63, 3.8) is 0 Å². The Morgan fingerprint density at radius 3 is 2.57 bits per heavy atom. The molecule has 1 aliphatic rings. The van der Waals surface area contributed by atoms with Crippen molar-refractivity contribution in [2.24, 2.45) is 0 Å². The first-order chi connectivity index (χ1) is 10.2. The summed E-state index contributed by atoms with van der Waals surface area (Å²) in [5.41, 5.74) is 0.814. The van der Waals surface area contributed by atoms with Crippen LogP contribution in [0.5, 0.6) is 5.75 Å². The van der Waals surface area contributed by atoms with Crippen LogP contribution in [0.25, 0.3) is 0 Å². The molecular formula is C17H24ClNO2. The van der Waals surface area contributed by atoms with Gasteiger partial charge in [-0.15, -0.1) is 11.6 Å². The molecule has 0 spiro atoms. The van der Waals surface area contributed by atoms with E-state index >= 15 is 0 Å². The van der Waals surface area contributed by atoms with E-state index in [1.807, 2.05) is 24.3 Å². The first kappa shape index (κ1) is 16.2. The maximum absolute atomic E-state index is 12.2. The summed E-state index contributed by atoms with van der Waals surface area (Å²) in [4.78, 5) is 12.2. The Kier molecular flexibility index (Phi) is 6.37. The number of carbonyl (C=O) groups is 1. The lowest BCUT2D eigenvalue weighted by Gasteiger charge is -2.24. The number of hydrogen-bond acceptors (Lipinski definition) is 2. The van der Waals surface area contributed by atoms with E-state index in [1.54, 1.807) is 0 Å². The SMILES string of the molecule is CCCOc1ccc(C(Cl)C(=O)NC2CCCCC2)cc1. The molecule has 0 radical (unpaired) electrons. The lowest BCUT2D eigenvalue weighted by molar-refractivity contribution is -0.121. The van der Waals surface area contributed by atoms with Crippen molar-refractivity contribution < 1.29 is 9.53 Å². The molecule has 0 bridgehead atoms. The molecule has 1 aliphatic carbocycles. The van der Waals surface area contributed by atoms with Crippen LogP contribution in [0.15, 0.2) is 24.3 Å². The van der Waals surface area contributed by atoms with Gasteiger partial charge >= 0.3 is 0 Å². The summed E-state index contributed by atoms with van der Waals surface area (Å²) in [5.74, 6) is 0.725. The molecule has 1 aromatic carbocycles. The van der Waals surface area contributed by atoms with E-state index < -0.39 is 5.38 Å². The molecule has 1 unspecified atom stereocenters. The molecule has 21 heavy (non-hydrogen) atoms. The normalized spacial score (nSPS) is 17.2. The second-order valence-electron chi connectivity index (χ2n) is 5.62. The van der Waals surface area contributed by atoms with Crippen LogP contribution < -0.4 is 10.1 Å². The van der Waals surface area contributed by atoms with Gasteiger partial charge in [-0.3, -0.25) is 4.79 Å². The van der Waals surface area contributed by atoms with Crippen LogP contribution in [0.1, 0.15) is 56.4 Å². The van der Waals surface area contributed by atoms with Crippen molar-refractivity contribution in [2.45, 2.75) is 56.9 Å². The zero-order valence-corrected chi connectivity index (χ0v) is 13.4. The van der Waals surface area contributed by atoms with Gasteiger partial charge in [0.2, 0.25) is 5.91 Å². The van der Waals surface area contributed by atoms with Gasteiger partial charge in [0, 0.05) is 6.04 Å². The molecule has 1 N–H and O–H groups in total. The summed E-state index contributed by atoms with van der Waals surface area (Å²) in [7, 11) is 0. The minimum Gasteiger partial charge on any atom is -0.494 e. The van der Waals surface area contributed by atoms with E-state index in [-0.39, 0.29) is 5.91 Å². The number of alkyl halides is 1. The summed E-state index contributed by atoms with van der Waals surface area (Å²) in [6, 6.07) is 7.76. The molecule has 0 heterocycles. The number of halogens is 1. The fraction of sp³-hybridized carbons (Fsp3) is 0.588. The number of hydrogen-bond donors (Lipinski definition) is 1. The van der Waals surface area contributed by atoms with Crippen LogP contribution in [0.3, 0.4) is 0 Å². The second kappa shape index (κ2) is 8.28. The van der Waals surface area contributed by atoms with Crippen LogP contribution in [-0.4, -0.2) is 18.6 Å². The molecule has 2 rings (SSSR count). The maximum Gasteiger partial charge on any atom is 0.242 e. The molecule has 0 aromatic heterocycles. The topological polar surface area (TPSA) is 38.3 Å². The van der Waals surface area contributed by atoms with Gasteiger partial charge in [-0.2, -0.15) is 0 Å². The molecular weight excluding hydrogens is 286 g/mol. The van der Waals surface area contributed by atoms with Gasteiger partial charge in [-0.25, -0.2) is 0 Å². The van der Waals surface area contributed by atoms with E-state index in [9.17, 15) is 4.79 Å². The van der Waals surface area contributed by atoms with E-state index in [1.165, 1.54) is 19.3 Å². The third-order valence-electron chi connectivity index (χ3n) is 3.83. The average molecular weight is 310 g/mol. The number of nitrogens with one attached hydrogen (secondary N) is 1. The number of amides is 1. The van der Waals surface area contributed by atoms with Gasteiger partial charge < -0.3 is 10.1 Å². The molecule has 1 amide bonds. The summed E-state index contributed by atoms with van der Waals surface area (Å²) in [5, 5.41) is 2.43. The highest BCUT2D eigenvalue weighted by atomic mass is 35.5. The smallest absolute Gasteiger partial charge is 0.242 e. The average Bonchev–Trinajstić information content (AvgIpc) is 2.53. The number of carbonyl (C=O) groups excluding carboxylic acids is 1. The van der Waals surface area contributed by atoms with E-state index in [4.69, 9.17) is 16.3 Å². The molecule has 0 aliphatic heterocycles. The highest BCUT2D eigenvalue weighted by molar-refractivity contribution is 6.30. The van der Waals surface area contributed by atoms with Crippen LogP contribution in [0.2, 0.25) is 0 Å². The molecule has 1 atom stereocenters. The van der Waals surface area contributed by atoms with Gasteiger partial charge in [0.15, 0.2) is 0 Å². The Morgan fingerprint density at radius 1 is 1.29 bits per heavy atom. The third-order valence-corrected chi connectivity index (χ3v) is 4.28. The quantitative estimate of drug-likeness (QED) is 0.800. The van der Waals surface area contributed by atoms with Crippen molar-refractivity contribution in [1.82, 2.24) is 5.32 Å². The van der Waals surface area contributed by atoms with Crippen molar-refractivity contribution in [3.05, 3.63) is 29.8 Å². The summed E-state index contributed by atoms with van der Waals surface area (Å²) >= 11 is 6.28. The molecule has 1 fully saturated rings. The maximum atomic E-state index is 12.2. The fourth-order valence-corrected chi connectivity index (χ4v) is 2.83. The molecule has 116 valence electrons. The Labute approximate surface area is 132 Å². The standard InChI is InChI=1S/C17H24ClNO2/c1-2-12-21-15-10-8-13(9-11-15)16(18)17(20)19-14-6-4-3-5-7-14/h8-11,14,16H,2-7,12H2,1H3,(H,19,20). The van der Waals surface area contributed by atoms with Crippen LogP contribution >= 0.6 is 11.6 Å². The predicted molar refractivity (Wildman–Crippen MR) is 85.8 cm³/mol. The van der Waals surface area contributed by atoms with Gasteiger partial charge in [-0.05, 0) is 37.0 Å². The van der Waals surface area contributed by atoms with Crippen LogP contribution in [0.4, 0.5) is 0 Å². The summed E-state index contributed by atoms with van der Waals surface area (Å²) in [6.07, 6.45) is 6.78. The van der Waals surface area contributed by atoms with Crippen LogP contribution in [0, 0.1) is 0 Å². The van der Waals surface area contributed by atoms with Crippen LogP contribution in [-0.2, 0) is 4.79 Å². The first-order valence-corrected chi connectivity index (χ1v) is 8.31. The van der Waals surface area contributed by atoms with E-state index in [0.717, 1.165) is 30.6 Å². The Morgan fingerprint density at radius 2 is 1.95 bits per heavy atom. The lowest BCUT2D eigenvalue weighted by Crippen LogP contribution is -2.38. The molecule has 1 aromatic rings.